The summed E-state index contributed by atoms with van der Waals surface area (Å²) in [6.07, 6.45) is -2.59. The molecule has 9 heteroatoms. The lowest BCUT2D eigenvalue weighted by Gasteiger charge is -2.32. The van der Waals surface area contributed by atoms with E-state index in [1.807, 2.05) is 0 Å². The third-order valence-corrected chi connectivity index (χ3v) is 5.02. The van der Waals surface area contributed by atoms with Crippen LogP contribution in [0.5, 0.6) is 5.75 Å². The molecule has 0 spiro atoms. The highest BCUT2D eigenvalue weighted by Gasteiger charge is 2.34. The van der Waals surface area contributed by atoms with Gasteiger partial charge < -0.3 is 25.0 Å². The van der Waals surface area contributed by atoms with E-state index in [-0.39, 0.29) is 23.9 Å². The minimum absolute atomic E-state index is 0.0109. The maximum Gasteiger partial charge on any atom is 0.416 e. The predicted octanol–water partition coefficient (Wildman–Crippen LogP) is 3.66. The van der Waals surface area contributed by atoms with Crippen molar-refractivity contribution in [2.75, 3.05) is 40.4 Å². The van der Waals surface area contributed by atoms with Gasteiger partial charge in [-0.1, -0.05) is 6.07 Å². The van der Waals surface area contributed by atoms with Crippen molar-refractivity contribution < 1.29 is 22.6 Å². The second-order valence-corrected chi connectivity index (χ2v) is 8.71. The largest absolute Gasteiger partial charge is 0.488 e. The fourth-order valence-electron chi connectivity index (χ4n) is 3.48. The lowest BCUT2D eigenvalue weighted by atomic mass is 10.0. The molecule has 2 rings (SSSR count). The van der Waals surface area contributed by atoms with Crippen LogP contribution in [0.15, 0.2) is 23.2 Å². The number of hydrogen-bond acceptors (Lipinski definition) is 4. The van der Waals surface area contributed by atoms with Gasteiger partial charge in [0.15, 0.2) is 5.96 Å². The second-order valence-electron chi connectivity index (χ2n) is 8.71. The highest BCUT2D eigenvalue weighted by atomic mass is 19.4. The number of hydrogen-bond donors (Lipinski definition) is 2. The van der Waals surface area contributed by atoms with Crippen molar-refractivity contribution >= 4 is 5.96 Å². The first-order chi connectivity index (χ1) is 14.5. The molecule has 2 N–H and O–H groups in total. The molecule has 176 valence electrons. The number of piperidine rings is 1. The van der Waals surface area contributed by atoms with E-state index >= 15 is 0 Å². The van der Waals surface area contributed by atoms with Crippen molar-refractivity contribution in [2.45, 2.75) is 58.0 Å². The monoisotopic (exact) mass is 444 g/mol. The molecule has 0 atom stereocenters. The fourth-order valence-corrected chi connectivity index (χ4v) is 3.48. The number of nitrogens with one attached hydrogen (secondary N) is 2. The van der Waals surface area contributed by atoms with Crippen LogP contribution in [0.2, 0.25) is 0 Å². The molecule has 0 saturated carbocycles. The van der Waals surface area contributed by atoms with Crippen molar-refractivity contribution in [3.63, 3.8) is 0 Å². The lowest BCUT2D eigenvalue weighted by molar-refractivity contribution is -0.138. The zero-order chi connectivity index (χ0) is 23.1. The Bertz CT molecular complexity index is 724. The molecule has 1 saturated heterocycles. The standard InChI is InChI=1S/C22H35F3N4O2/c1-21(2,3)31-18-7-6-16(19(14-18)22(23,24)25)15-27-20(26-4)28-17-8-10-29(11-9-17)12-13-30-5/h6-7,14,17H,8-13,15H2,1-5H3,(H2,26,27,28). The topological polar surface area (TPSA) is 58.1 Å². The van der Waals surface area contributed by atoms with Crippen molar-refractivity contribution in [3.05, 3.63) is 29.3 Å². The van der Waals surface area contributed by atoms with Gasteiger partial charge in [0.05, 0.1) is 12.2 Å². The van der Waals surface area contributed by atoms with Crippen LogP contribution in [0.25, 0.3) is 0 Å². The number of nitrogens with zero attached hydrogens (tertiary/aromatic N) is 2. The summed E-state index contributed by atoms with van der Waals surface area (Å²) in [5.41, 5.74) is -1.14. The van der Waals surface area contributed by atoms with E-state index < -0.39 is 17.3 Å². The van der Waals surface area contributed by atoms with Crippen LogP contribution in [0.3, 0.4) is 0 Å². The van der Waals surface area contributed by atoms with E-state index in [0.29, 0.717) is 12.6 Å². The second kappa shape index (κ2) is 11.0. The number of aliphatic imine (C=N–C) groups is 1. The molecule has 1 aliphatic rings. The number of ether oxygens (including phenoxy) is 2. The van der Waals surface area contributed by atoms with E-state index in [2.05, 4.69) is 20.5 Å². The first-order valence-electron chi connectivity index (χ1n) is 10.6. The van der Waals surface area contributed by atoms with Crippen LogP contribution >= 0.6 is 0 Å². The maximum atomic E-state index is 13.6. The number of likely N-dealkylation sites (tertiary alicyclic amines) is 1. The quantitative estimate of drug-likeness (QED) is 0.497. The Morgan fingerprint density at radius 1 is 1.19 bits per heavy atom. The Kier molecular flexibility index (Phi) is 9.00. The van der Waals surface area contributed by atoms with Gasteiger partial charge in [-0.25, -0.2) is 0 Å². The number of alkyl halides is 3. The van der Waals surface area contributed by atoms with Gasteiger partial charge >= 0.3 is 6.18 Å². The number of methoxy groups -OCH3 is 1. The highest BCUT2D eigenvalue weighted by Crippen LogP contribution is 2.35. The zero-order valence-corrected chi connectivity index (χ0v) is 19.1. The van der Waals surface area contributed by atoms with E-state index in [4.69, 9.17) is 9.47 Å². The van der Waals surface area contributed by atoms with Crippen LogP contribution in [0.4, 0.5) is 13.2 Å². The molecular formula is C22H35F3N4O2. The first kappa shape index (κ1) is 25.3. The summed E-state index contributed by atoms with van der Waals surface area (Å²) >= 11 is 0. The summed E-state index contributed by atoms with van der Waals surface area (Å²) in [6.45, 7) is 8.93. The minimum Gasteiger partial charge on any atom is -0.488 e. The van der Waals surface area contributed by atoms with Crippen LogP contribution < -0.4 is 15.4 Å². The molecule has 0 unspecified atom stereocenters. The van der Waals surface area contributed by atoms with E-state index in [9.17, 15) is 13.2 Å². The molecule has 0 aliphatic carbocycles. The Morgan fingerprint density at radius 3 is 2.42 bits per heavy atom. The molecule has 6 nitrogen and oxygen atoms in total. The number of rotatable bonds is 7. The minimum atomic E-state index is -4.47. The molecule has 0 aromatic heterocycles. The van der Waals surface area contributed by atoms with E-state index in [1.54, 1.807) is 41.0 Å². The van der Waals surface area contributed by atoms with E-state index in [1.165, 1.54) is 6.07 Å². The molecule has 31 heavy (non-hydrogen) atoms. The lowest BCUT2D eigenvalue weighted by Crippen LogP contribution is -2.49. The summed E-state index contributed by atoms with van der Waals surface area (Å²) in [5, 5.41) is 6.35. The molecule has 0 amide bonds. The number of benzene rings is 1. The van der Waals surface area contributed by atoms with Crippen LogP contribution in [0.1, 0.15) is 44.7 Å². The Hall–Kier alpha value is -2.00. The molecule has 1 aromatic carbocycles. The molecule has 0 bridgehead atoms. The van der Waals surface area contributed by atoms with Crippen LogP contribution in [0, 0.1) is 0 Å². The van der Waals surface area contributed by atoms with Gasteiger partial charge in [-0.2, -0.15) is 13.2 Å². The van der Waals surface area contributed by atoms with Crippen molar-refractivity contribution in [1.82, 2.24) is 15.5 Å². The third kappa shape index (κ3) is 8.57. The van der Waals surface area contributed by atoms with Crippen molar-refractivity contribution in [2.24, 2.45) is 4.99 Å². The van der Waals surface area contributed by atoms with Gasteiger partial charge in [0.2, 0.25) is 0 Å². The van der Waals surface area contributed by atoms with Crippen LogP contribution in [-0.2, 0) is 17.5 Å². The SMILES string of the molecule is CN=C(NCc1ccc(OC(C)(C)C)cc1C(F)(F)F)NC1CCN(CCOC)CC1. The van der Waals surface area contributed by atoms with Gasteiger partial charge in [-0.15, -0.1) is 0 Å². The predicted molar refractivity (Wildman–Crippen MR) is 116 cm³/mol. The molecular weight excluding hydrogens is 409 g/mol. The van der Waals surface area contributed by atoms with Gasteiger partial charge in [0.1, 0.15) is 11.4 Å². The highest BCUT2D eigenvalue weighted by molar-refractivity contribution is 5.80. The maximum absolute atomic E-state index is 13.6. The zero-order valence-electron chi connectivity index (χ0n) is 19.1. The summed E-state index contributed by atoms with van der Waals surface area (Å²) in [4.78, 5) is 6.52. The number of halogens is 3. The molecule has 1 aliphatic heterocycles. The van der Waals surface area contributed by atoms with Gasteiger partial charge in [-0.3, -0.25) is 4.99 Å². The molecule has 1 fully saturated rings. The van der Waals surface area contributed by atoms with Crippen molar-refractivity contribution in [1.29, 1.82) is 0 Å². The normalized spacial score (nSPS) is 17.0. The first-order valence-corrected chi connectivity index (χ1v) is 10.6. The Balaban J connectivity index is 1.97. The van der Waals surface area contributed by atoms with Crippen LogP contribution in [-0.4, -0.2) is 62.9 Å². The van der Waals surface area contributed by atoms with Gasteiger partial charge in [0.25, 0.3) is 0 Å². The summed E-state index contributed by atoms with van der Waals surface area (Å²) in [7, 11) is 3.31. The van der Waals surface area contributed by atoms with Gasteiger partial charge in [0, 0.05) is 46.4 Å². The molecule has 1 aromatic rings. The Labute approximate surface area is 183 Å². The summed E-state index contributed by atoms with van der Waals surface area (Å²) in [6, 6.07) is 4.32. The van der Waals surface area contributed by atoms with Crippen molar-refractivity contribution in [3.8, 4) is 5.75 Å². The molecule has 0 radical (unpaired) electrons. The average Bonchev–Trinajstić information content (AvgIpc) is 2.69. The van der Waals surface area contributed by atoms with Gasteiger partial charge in [-0.05, 0) is 51.3 Å². The smallest absolute Gasteiger partial charge is 0.416 e. The fraction of sp³-hybridized carbons (Fsp3) is 0.682. The molecule has 1 heterocycles. The summed E-state index contributed by atoms with van der Waals surface area (Å²) < 4.78 is 51.6. The average molecular weight is 445 g/mol. The number of guanidine groups is 1. The third-order valence-electron chi connectivity index (χ3n) is 5.02. The van der Waals surface area contributed by atoms with E-state index in [0.717, 1.165) is 38.5 Å². The summed E-state index contributed by atoms with van der Waals surface area (Å²) in [5.74, 6) is 0.699. The Morgan fingerprint density at radius 2 is 1.87 bits per heavy atom.